The van der Waals surface area contributed by atoms with Crippen LogP contribution in [0, 0.1) is 11.8 Å². The van der Waals surface area contributed by atoms with Gasteiger partial charge in [0.2, 0.25) is 0 Å². The van der Waals surface area contributed by atoms with Gasteiger partial charge < -0.3 is 10.1 Å². The van der Waals surface area contributed by atoms with Gasteiger partial charge in [-0.15, -0.1) is 0 Å². The number of ketones is 1. The predicted octanol–water partition coefficient (Wildman–Crippen LogP) is 1.37. The van der Waals surface area contributed by atoms with E-state index in [9.17, 15) is 4.79 Å². The lowest BCUT2D eigenvalue weighted by Crippen LogP contribution is -2.52. The molecule has 0 bridgehead atoms. The van der Waals surface area contributed by atoms with Crippen LogP contribution in [0.5, 0.6) is 0 Å². The first-order valence-electron chi connectivity index (χ1n) is 6.10. The summed E-state index contributed by atoms with van der Waals surface area (Å²) in [5.41, 5.74) is 0. The molecule has 2 rings (SSSR count). The Morgan fingerprint density at radius 1 is 1.47 bits per heavy atom. The fraction of sp³-hybridized carbons (Fsp3) is 0.917. The minimum absolute atomic E-state index is 0.167. The van der Waals surface area contributed by atoms with Crippen LogP contribution in [0.4, 0.5) is 0 Å². The molecule has 3 nitrogen and oxygen atoms in total. The molecule has 3 unspecified atom stereocenters. The predicted molar refractivity (Wildman–Crippen MR) is 58.7 cm³/mol. The molecule has 3 heteroatoms. The monoisotopic (exact) mass is 211 g/mol. The van der Waals surface area contributed by atoms with E-state index in [1.54, 1.807) is 0 Å². The molecule has 0 aromatic carbocycles. The van der Waals surface area contributed by atoms with E-state index in [0.717, 1.165) is 25.9 Å². The van der Waals surface area contributed by atoms with Crippen LogP contribution >= 0.6 is 0 Å². The number of hydrogen-bond donors (Lipinski definition) is 1. The highest BCUT2D eigenvalue weighted by Crippen LogP contribution is 2.34. The molecule has 3 atom stereocenters. The van der Waals surface area contributed by atoms with Crippen LogP contribution in [0.1, 0.15) is 33.1 Å². The van der Waals surface area contributed by atoms with Crippen LogP contribution in [0.15, 0.2) is 0 Å². The SMILES string of the molecule is CCC(C(=O)C1CC1)C1COCC(C)N1. The van der Waals surface area contributed by atoms with Crippen LogP contribution < -0.4 is 5.32 Å². The standard InChI is InChI=1S/C12H21NO2/c1-3-10(12(14)9-4-5-9)11-7-15-6-8(2)13-11/h8-11,13H,3-7H2,1-2H3. The van der Waals surface area contributed by atoms with E-state index in [0.29, 0.717) is 24.3 Å². The van der Waals surface area contributed by atoms with E-state index >= 15 is 0 Å². The first-order valence-corrected chi connectivity index (χ1v) is 6.10. The van der Waals surface area contributed by atoms with E-state index < -0.39 is 0 Å². The lowest BCUT2D eigenvalue weighted by atomic mass is 9.89. The number of Topliss-reactive ketones (excluding diaryl/α,β-unsaturated/α-hetero) is 1. The van der Waals surface area contributed by atoms with Crippen LogP contribution in [0.25, 0.3) is 0 Å². The molecule has 0 radical (unpaired) electrons. The minimum atomic E-state index is 0.167. The maximum Gasteiger partial charge on any atom is 0.140 e. The Kier molecular flexibility index (Phi) is 3.42. The van der Waals surface area contributed by atoms with Crippen LogP contribution in [0.2, 0.25) is 0 Å². The van der Waals surface area contributed by atoms with Crippen molar-refractivity contribution in [2.45, 2.75) is 45.2 Å². The highest BCUT2D eigenvalue weighted by molar-refractivity contribution is 5.86. The zero-order chi connectivity index (χ0) is 10.8. The third kappa shape index (κ3) is 2.58. The first-order chi connectivity index (χ1) is 7.22. The van der Waals surface area contributed by atoms with Gasteiger partial charge in [-0.05, 0) is 26.2 Å². The van der Waals surface area contributed by atoms with Crippen LogP contribution in [-0.4, -0.2) is 31.1 Å². The second kappa shape index (κ2) is 4.62. The lowest BCUT2D eigenvalue weighted by molar-refractivity contribution is -0.126. The topological polar surface area (TPSA) is 38.3 Å². The van der Waals surface area contributed by atoms with Gasteiger partial charge >= 0.3 is 0 Å². The number of ether oxygens (including phenoxy) is 1. The van der Waals surface area contributed by atoms with E-state index in [2.05, 4.69) is 19.2 Å². The molecule has 1 saturated heterocycles. The highest BCUT2D eigenvalue weighted by Gasteiger charge is 2.38. The molecule has 0 spiro atoms. The van der Waals surface area contributed by atoms with Crippen molar-refractivity contribution in [2.75, 3.05) is 13.2 Å². The van der Waals surface area contributed by atoms with Crippen molar-refractivity contribution >= 4 is 5.78 Å². The summed E-state index contributed by atoms with van der Waals surface area (Å²) in [5.74, 6) is 1.00. The van der Waals surface area contributed by atoms with Crippen molar-refractivity contribution in [2.24, 2.45) is 11.8 Å². The summed E-state index contributed by atoms with van der Waals surface area (Å²) in [7, 11) is 0. The number of rotatable bonds is 4. The van der Waals surface area contributed by atoms with E-state index in [-0.39, 0.29) is 12.0 Å². The van der Waals surface area contributed by atoms with Gasteiger partial charge in [0.1, 0.15) is 5.78 Å². The summed E-state index contributed by atoms with van der Waals surface area (Å²) >= 11 is 0. The Bertz CT molecular complexity index is 238. The Labute approximate surface area is 91.6 Å². The average Bonchev–Trinajstić information content (AvgIpc) is 3.02. The normalized spacial score (nSPS) is 33.7. The molecule has 1 aliphatic heterocycles. The Hall–Kier alpha value is -0.410. The summed E-state index contributed by atoms with van der Waals surface area (Å²) in [4.78, 5) is 12.0. The number of nitrogens with one attached hydrogen (secondary N) is 1. The third-order valence-corrected chi connectivity index (χ3v) is 3.43. The minimum Gasteiger partial charge on any atom is -0.378 e. The number of hydrogen-bond acceptors (Lipinski definition) is 3. The summed E-state index contributed by atoms with van der Waals surface area (Å²) in [5, 5.41) is 3.49. The number of carbonyl (C=O) groups is 1. The highest BCUT2D eigenvalue weighted by atomic mass is 16.5. The van der Waals surface area contributed by atoms with Crippen molar-refractivity contribution in [3.05, 3.63) is 0 Å². The largest absolute Gasteiger partial charge is 0.378 e. The second-order valence-electron chi connectivity index (χ2n) is 4.90. The summed E-state index contributed by atoms with van der Waals surface area (Å²) in [6.45, 7) is 5.68. The molecule has 1 heterocycles. The van der Waals surface area contributed by atoms with Gasteiger partial charge in [-0.25, -0.2) is 0 Å². The lowest BCUT2D eigenvalue weighted by Gasteiger charge is -2.33. The van der Waals surface area contributed by atoms with Gasteiger partial charge in [-0.3, -0.25) is 4.79 Å². The maximum atomic E-state index is 12.0. The molecule has 2 aliphatic rings. The van der Waals surface area contributed by atoms with Crippen molar-refractivity contribution in [1.29, 1.82) is 0 Å². The van der Waals surface area contributed by atoms with Crippen LogP contribution in [0.3, 0.4) is 0 Å². The maximum absolute atomic E-state index is 12.0. The average molecular weight is 211 g/mol. The zero-order valence-corrected chi connectivity index (χ0v) is 9.66. The van der Waals surface area contributed by atoms with Gasteiger partial charge in [0, 0.05) is 23.9 Å². The molecule has 15 heavy (non-hydrogen) atoms. The van der Waals surface area contributed by atoms with Gasteiger partial charge in [-0.1, -0.05) is 6.92 Å². The van der Waals surface area contributed by atoms with Crippen molar-refractivity contribution < 1.29 is 9.53 Å². The summed E-state index contributed by atoms with van der Waals surface area (Å²) in [6, 6.07) is 0.622. The third-order valence-electron chi connectivity index (χ3n) is 3.43. The van der Waals surface area contributed by atoms with Crippen LogP contribution in [-0.2, 0) is 9.53 Å². The van der Waals surface area contributed by atoms with Crippen molar-refractivity contribution in [3.8, 4) is 0 Å². The van der Waals surface area contributed by atoms with Gasteiger partial charge in [0.25, 0.3) is 0 Å². The Morgan fingerprint density at radius 3 is 2.73 bits per heavy atom. The first kappa shape index (κ1) is 11.1. The van der Waals surface area contributed by atoms with Crippen molar-refractivity contribution in [1.82, 2.24) is 5.32 Å². The quantitative estimate of drug-likeness (QED) is 0.763. The number of morpholine rings is 1. The molecule has 86 valence electrons. The second-order valence-corrected chi connectivity index (χ2v) is 4.90. The smallest absolute Gasteiger partial charge is 0.140 e. The molecule has 2 fully saturated rings. The molecular weight excluding hydrogens is 190 g/mol. The molecule has 1 aliphatic carbocycles. The molecule has 1 saturated carbocycles. The zero-order valence-electron chi connectivity index (χ0n) is 9.66. The molecular formula is C12H21NO2. The molecule has 0 aromatic heterocycles. The van der Waals surface area contributed by atoms with Gasteiger partial charge in [-0.2, -0.15) is 0 Å². The van der Waals surface area contributed by atoms with E-state index in [1.165, 1.54) is 0 Å². The molecule has 0 amide bonds. The van der Waals surface area contributed by atoms with Gasteiger partial charge in [0.05, 0.1) is 13.2 Å². The number of carbonyl (C=O) groups excluding carboxylic acids is 1. The summed E-state index contributed by atoms with van der Waals surface area (Å²) in [6.07, 6.45) is 3.15. The molecule has 1 N–H and O–H groups in total. The van der Waals surface area contributed by atoms with E-state index in [4.69, 9.17) is 4.74 Å². The van der Waals surface area contributed by atoms with Gasteiger partial charge in [0.15, 0.2) is 0 Å². The Balaban J connectivity index is 1.95. The van der Waals surface area contributed by atoms with Crippen molar-refractivity contribution in [3.63, 3.8) is 0 Å². The fourth-order valence-electron chi connectivity index (χ4n) is 2.42. The summed E-state index contributed by atoms with van der Waals surface area (Å²) < 4.78 is 5.51. The van der Waals surface area contributed by atoms with E-state index in [1.807, 2.05) is 0 Å². The molecule has 0 aromatic rings. The fourth-order valence-corrected chi connectivity index (χ4v) is 2.42. The Morgan fingerprint density at radius 2 is 2.20 bits per heavy atom.